The molecule has 0 N–H and O–H groups in total. The highest BCUT2D eigenvalue weighted by Crippen LogP contribution is 2.14. The maximum atomic E-state index is 5.26. The molecule has 0 aliphatic rings. The smallest absolute Gasteiger partial charge is 0.0623 e. The molecule has 0 unspecified atom stereocenters. The van der Waals surface area contributed by atoms with E-state index >= 15 is 0 Å². The molecule has 0 fully saturated rings. The van der Waals surface area contributed by atoms with Gasteiger partial charge in [-0.1, -0.05) is 0 Å². The minimum absolute atomic E-state index is 0.0110. The van der Waals surface area contributed by atoms with Crippen LogP contribution in [0.2, 0.25) is 0 Å². The van der Waals surface area contributed by atoms with Gasteiger partial charge in [0.2, 0.25) is 0 Å². The Labute approximate surface area is 69.9 Å². The molecule has 0 aliphatic heterocycles. The summed E-state index contributed by atoms with van der Waals surface area (Å²) in [5.41, 5.74) is 0.0110. The molecule has 0 rings (SSSR count). The van der Waals surface area contributed by atoms with Crippen LogP contribution in [0.15, 0.2) is 0 Å². The topological polar surface area (TPSA) is 18.5 Å². The molecule has 0 aromatic carbocycles. The third-order valence-electron chi connectivity index (χ3n) is 1.82. The van der Waals surface area contributed by atoms with Gasteiger partial charge in [-0.2, -0.15) is 0 Å². The van der Waals surface area contributed by atoms with E-state index in [2.05, 4.69) is 13.8 Å². The SMILES string of the molecule is CCOCCCC(C)(C)OC. The first-order valence-electron chi connectivity index (χ1n) is 4.25. The van der Waals surface area contributed by atoms with Crippen molar-refractivity contribution in [1.82, 2.24) is 0 Å². The lowest BCUT2D eigenvalue weighted by Gasteiger charge is -2.22. The largest absolute Gasteiger partial charge is 0.382 e. The summed E-state index contributed by atoms with van der Waals surface area (Å²) in [6.45, 7) is 7.87. The fraction of sp³-hybridized carbons (Fsp3) is 1.00. The lowest BCUT2D eigenvalue weighted by molar-refractivity contribution is 0.00678. The van der Waals surface area contributed by atoms with E-state index in [4.69, 9.17) is 9.47 Å². The Kier molecular flexibility index (Phi) is 5.51. The van der Waals surface area contributed by atoms with Crippen LogP contribution in [0.25, 0.3) is 0 Å². The Morgan fingerprint density at radius 3 is 2.36 bits per heavy atom. The van der Waals surface area contributed by atoms with Crippen molar-refractivity contribution < 1.29 is 9.47 Å². The van der Waals surface area contributed by atoms with E-state index in [1.54, 1.807) is 7.11 Å². The van der Waals surface area contributed by atoms with E-state index in [1.165, 1.54) is 0 Å². The fourth-order valence-electron chi connectivity index (χ4n) is 0.846. The monoisotopic (exact) mass is 160 g/mol. The van der Waals surface area contributed by atoms with Gasteiger partial charge in [0.05, 0.1) is 5.60 Å². The van der Waals surface area contributed by atoms with E-state index in [1.807, 2.05) is 6.92 Å². The molecule has 0 saturated heterocycles. The first kappa shape index (κ1) is 10.9. The Balaban J connectivity index is 3.23. The zero-order valence-corrected chi connectivity index (χ0v) is 8.14. The van der Waals surface area contributed by atoms with Gasteiger partial charge < -0.3 is 9.47 Å². The average Bonchev–Trinajstić information content (AvgIpc) is 1.99. The fourth-order valence-corrected chi connectivity index (χ4v) is 0.846. The van der Waals surface area contributed by atoms with Gasteiger partial charge in [-0.3, -0.25) is 0 Å². The molecular weight excluding hydrogens is 140 g/mol. The highest BCUT2D eigenvalue weighted by atomic mass is 16.5. The van der Waals surface area contributed by atoms with Gasteiger partial charge in [0.25, 0.3) is 0 Å². The lowest BCUT2D eigenvalue weighted by atomic mass is 10.0. The molecule has 0 aromatic rings. The number of hydrogen-bond acceptors (Lipinski definition) is 2. The molecule has 0 spiro atoms. The highest BCUT2D eigenvalue weighted by Gasteiger charge is 2.14. The Morgan fingerprint density at radius 2 is 1.91 bits per heavy atom. The summed E-state index contributed by atoms with van der Waals surface area (Å²) < 4.78 is 10.5. The molecule has 0 radical (unpaired) electrons. The van der Waals surface area contributed by atoms with Crippen LogP contribution in [0.1, 0.15) is 33.6 Å². The molecule has 0 aliphatic carbocycles. The standard InChI is InChI=1S/C9H20O2/c1-5-11-8-6-7-9(2,3)10-4/h5-8H2,1-4H3. The number of methoxy groups -OCH3 is 1. The average molecular weight is 160 g/mol. The van der Waals surface area contributed by atoms with Crippen molar-refractivity contribution in [2.24, 2.45) is 0 Å². The Bertz CT molecular complexity index is 89.6. The van der Waals surface area contributed by atoms with Gasteiger partial charge in [-0.25, -0.2) is 0 Å². The van der Waals surface area contributed by atoms with Crippen molar-refractivity contribution in [1.29, 1.82) is 0 Å². The molecule has 0 saturated carbocycles. The first-order valence-corrected chi connectivity index (χ1v) is 4.25. The van der Waals surface area contributed by atoms with Crippen molar-refractivity contribution in [2.45, 2.75) is 39.2 Å². The van der Waals surface area contributed by atoms with Crippen molar-refractivity contribution in [2.75, 3.05) is 20.3 Å². The Morgan fingerprint density at radius 1 is 1.27 bits per heavy atom. The van der Waals surface area contributed by atoms with E-state index in [9.17, 15) is 0 Å². The van der Waals surface area contributed by atoms with Gasteiger partial charge in [0, 0.05) is 20.3 Å². The molecule has 0 aromatic heterocycles. The summed E-state index contributed by atoms with van der Waals surface area (Å²) in [4.78, 5) is 0. The van der Waals surface area contributed by atoms with Crippen LogP contribution in [0, 0.1) is 0 Å². The van der Waals surface area contributed by atoms with Gasteiger partial charge in [-0.05, 0) is 33.6 Å². The molecule has 0 bridgehead atoms. The minimum Gasteiger partial charge on any atom is -0.382 e. The molecule has 68 valence electrons. The normalized spacial score (nSPS) is 12.0. The zero-order chi connectivity index (χ0) is 8.74. The summed E-state index contributed by atoms with van der Waals surface area (Å²) in [6, 6.07) is 0. The van der Waals surface area contributed by atoms with E-state index in [0.29, 0.717) is 0 Å². The maximum absolute atomic E-state index is 5.26. The molecule has 0 atom stereocenters. The van der Waals surface area contributed by atoms with Crippen molar-refractivity contribution in [3.8, 4) is 0 Å². The second-order valence-corrected chi connectivity index (χ2v) is 3.26. The second kappa shape index (κ2) is 5.56. The second-order valence-electron chi connectivity index (χ2n) is 3.26. The number of ether oxygens (including phenoxy) is 2. The van der Waals surface area contributed by atoms with Crippen molar-refractivity contribution >= 4 is 0 Å². The molecule has 0 heterocycles. The number of hydrogen-bond donors (Lipinski definition) is 0. The van der Waals surface area contributed by atoms with Gasteiger partial charge in [-0.15, -0.1) is 0 Å². The van der Waals surface area contributed by atoms with E-state index in [-0.39, 0.29) is 5.60 Å². The summed E-state index contributed by atoms with van der Waals surface area (Å²) in [5.74, 6) is 0. The summed E-state index contributed by atoms with van der Waals surface area (Å²) in [5, 5.41) is 0. The predicted octanol–water partition coefficient (Wildman–Crippen LogP) is 2.23. The maximum Gasteiger partial charge on any atom is 0.0623 e. The lowest BCUT2D eigenvalue weighted by Crippen LogP contribution is -2.22. The molecule has 0 amide bonds. The van der Waals surface area contributed by atoms with Crippen LogP contribution >= 0.6 is 0 Å². The summed E-state index contributed by atoms with van der Waals surface area (Å²) >= 11 is 0. The van der Waals surface area contributed by atoms with Gasteiger partial charge in [0.15, 0.2) is 0 Å². The number of rotatable bonds is 6. The molecular formula is C9H20O2. The van der Waals surface area contributed by atoms with Crippen molar-refractivity contribution in [3.63, 3.8) is 0 Å². The third kappa shape index (κ3) is 6.32. The summed E-state index contributed by atoms with van der Waals surface area (Å²) in [6.07, 6.45) is 2.14. The van der Waals surface area contributed by atoms with Crippen molar-refractivity contribution in [3.05, 3.63) is 0 Å². The molecule has 11 heavy (non-hydrogen) atoms. The van der Waals surface area contributed by atoms with Gasteiger partial charge in [0.1, 0.15) is 0 Å². The van der Waals surface area contributed by atoms with Crippen LogP contribution in [0.4, 0.5) is 0 Å². The van der Waals surface area contributed by atoms with Crippen LogP contribution in [-0.4, -0.2) is 25.9 Å². The van der Waals surface area contributed by atoms with Crippen LogP contribution < -0.4 is 0 Å². The Hall–Kier alpha value is -0.0800. The van der Waals surface area contributed by atoms with Crippen LogP contribution in [0.5, 0.6) is 0 Å². The predicted molar refractivity (Wildman–Crippen MR) is 46.8 cm³/mol. The van der Waals surface area contributed by atoms with Crippen LogP contribution in [-0.2, 0) is 9.47 Å². The first-order chi connectivity index (χ1) is 5.12. The zero-order valence-electron chi connectivity index (χ0n) is 8.14. The summed E-state index contributed by atoms with van der Waals surface area (Å²) in [7, 11) is 1.75. The van der Waals surface area contributed by atoms with Crippen LogP contribution in [0.3, 0.4) is 0 Å². The van der Waals surface area contributed by atoms with E-state index < -0.39 is 0 Å². The molecule has 2 nitrogen and oxygen atoms in total. The van der Waals surface area contributed by atoms with Gasteiger partial charge >= 0.3 is 0 Å². The third-order valence-corrected chi connectivity index (χ3v) is 1.82. The minimum atomic E-state index is 0.0110. The highest BCUT2D eigenvalue weighted by molar-refractivity contribution is 4.66. The quantitative estimate of drug-likeness (QED) is 0.555. The molecule has 2 heteroatoms. The van der Waals surface area contributed by atoms with E-state index in [0.717, 1.165) is 26.1 Å².